The zero-order valence-electron chi connectivity index (χ0n) is 15.2. The molecule has 0 aliphatic rings. The number of esters is 1. The van der Waals surface area contributed by atoms with Crippen molar-refractivity contribution in [3.63, 3.8) is 0 Å². The highest BCUT2D eigenvalue weighted by Crippen LogP contribution is 2.38. The lowest BCUT2D eigenvalue weighted by Gasteiger charge is -2.26. The summed E-state index contributed by atoms with van der Waals surface area (Å²) in [6.07, 6.45) is -11.4. The Morgan fingerprint density at radius 1 is 1.16 bits per heavy atom. The van der Waals surface area contributed by atoms with Crippen LogP contribution in [-0.4, -0.2) is 60.9 Å². The summed E-state index contributed by atoms with van der Waals surface area (Å²) in [4.78, 5) is 25.3. The summed E-state index contributed by atoms with van der Waals surface area (Å²) in [6.45, 7) is -0.128. The summed E-state index contributed by atoms with van der Waals surface area (Å²) in [5.41, 5.74) is 0.368. The zero-order valence-corrected chi connectivity index (χ0v) is 22.5. The Labute approximate surface area is 214 Å². The van der Waals surface area contributed by atoms with Crippen LogP contribution in [0.25, 0.3) is 0 Å². The van der Waals surface area contributed by atoms with Gasteiger partial charge in [0.25, 0.3) is 12.0 Å². The van der Waals surface area contributed by atoms with E-state index in [2.05, 4.69) is 4.74 Å². The molecule has 31 heavy (non-hydrogen) atoms. The monoisotopic (exact) mass is 811 g/mol. The van der Waals surface area contributed by atoms with E-state index in [1.807, 2.05) is 73.8 Å². The second kappa shape index (κ2) is 10.9. The number of carbonyl (C=O) groups is 2. The third-order valence-electron chi connectivity index (χ3n) is 3.64. The topological polar surface area (TPSA) is 101 Å². The standard InChI is InChI=1S/C15H13F5I3NO6S/c1-24(12(26)8-5-7(21)6-9(22)11(8)23)4-2-3-10(25)30-13(14(16,17)18)15(19,20)31(27,28)29/h5-6,13H,2-4H2,1H3,(H,27,28,29). The van der Waals surface area contributed by atoms with Gasteiger partial charge < -0.3 is 9.64 Å². The molecule has 1 aromatic carbocycles. The minimum Gasteiger partial charge on any atom is -0.445 e. The SMILES string of the molecule is CN(CCCC(=O)OC(C(F)(F)F)C(F)(F)S(=O)(=O)O)C(=O)c1cc(I)cc(I)c1I. The van der Waals surface area contributed by atoms with E-state index in [1.54, 1.807) is 6.07 Å². The number of halogens is 8. The molecular weight excluding hydrogens is 798 g/mol. The maximum absolute atomic E-state index is 13.4. The van der Waals surface area contributed by atoms with Gasteiger partial charge in [-0.1, -0.05) is 0 Å². The van der Waals surface area contributed by atoms with Gasteiger partial charge in [-0.15, -0.1) is 0 Å². The average molecular weight is 811 g/mol. The number of hydrogen-bond acceptors (Lipinski definition) is 5. The van der Waals surface area contributed by atoms with Gasteiger partial charge in [0.15, 0.2) is 0 Å². The van der Waals surface area contributed by atoms with Crippen LogP contribution in [0.4, 0.5) is 22.0 Å². The lowest BCUT2D eigenvalue weighted by Crippen LogP contribution is -2.52. The highest BCUT2D eigenvalue weighted by atomic mass is 127. The van der Waals surface area contributed by atoms with Crippen molar-refractivity contribution in [1.29, 1.82) is 0 Å². The molecule has 176 valence electrons. The average Bonchev–Trinajstić information content (AvgIpc) is 2.59. The fourth-order valence-electron chi connectivity index (χ4n) is 2.13. The quantitative estimate of drug-likeness (QED) is 0.138. The van der Waals surface area contributed by atoms with Gasteiger partial charge in [-0.3, -0.25) is 14.1 Å². The van der Waals surface area contributed by atoms with E-state index in [1.165, 1.54) is 11.9 Å². The summed E-state index contributed by atoms with van der Waals surface area (Å²) >= 11 is 6.03. The van der Waals surface area contributed by atoms with Gasteiger partial charge in [0.1, 0.15) is 0 Å². The van der Waals surface area contributed by atoms with Crippen LogP contribution in [0, 0.1) is 10.7 Å². The van der Waals surface area contributed by atoms with E-state index in [9.17, 15) is 40.0 Å². The molecule has 1 rings (SSSR count). The van der Waals surface area contributed by atoms with Crippen molar-refractivity contribution in [2.24, 2.45) is 0 Å². The van der Waals surface area contributed by atoms with E-state index >= 15 is 0 Å². The minimum absolute atomic E-state index is 0.128. The van der Waals surface area contributed by atoms with Crippen molar-refractivity contribution in [3.05, 3.63) is 28.4 Å². The maximum atomic E-state index is 13.4. The fourth-order valence-corrected chi connectivity index (χ4v) is 4.97. The third kappa shape index (κ3) is 7.73. The molecule has 0 spiro atoms. The first kappa shape index (κ1) is 28.9. The Kier molecular flexibility index (Phi) is 10.2. The molecule has 1 amide bonds. The van der Waals surface area contributed by atoms with Crippen molar-refractivity contribution in [1.82, 2.24) is 4.90 Å². The van der Waals surface area contributed by atoms with Gasteiger partial charge >= 0.3 is 27.5 Å². The Morgan fingerprint density at radius 3 is 2.19 bits per heavy atom. The first-order valence-electron chi connectivity index (χ1n) is 7.90. The van der Waals surface area contributed by atoms with E-state index in [-0.39, 0.29) is 13.0 Å². The van der Waals surface area contributed by atoms with Crippen LogP contribution in [0.3, 0.4) is 0 Å². The molecule has 1 N–H and O–H groups in total. The number of nitrogens with zero attached hydrogens (tertiary/aromatic N) is 1. The molecule has 0 bridgehead atoms. The lowest BCUT2D eigenvalue weighted by molar-refractivity contribution is -0.259. The highest BCUT2D eigenvalue weighted by Gasteiger charge is 2.65. The molecule has 1 aromatic rings. The van der Waals surface area contributed by atoms with E-state index in [0.717, 1.165) is 7.14 Å². The third-order valence-corrected chi connectivity index (χ3v) is 8.21. The molecule has 0 heterocycles. The highest BCUT2D eigenvalue weighted by molar-refractivity contribution is 14.1. The van der Waals surface area contributed by atoms with Crippen LogP contribution < -0.4 is 0 Å². The summed E-state index contributed by atoms with van der Waals surface area (Å²) in [6, 6.07) is 3.47. The molecule has 0 aliphatic carbocycles. The molecule has 0 aliphatic heterocycles. The lowest BCUT2D eigenvalue weighted by atomic mass is 10.2. The fraction of sp³-hybridized carbons (Fsp3) is 0.467. The van der Waals surface area contributed by atoms with Crippen LogP contribution in [0.1, 0.15) is 23.2 Å². The Bertz CT molecular complexity index is 957. The number of ether oxygens (including phenoxy) is 1. The smallest absolute Gasteiger partial charge is 0.432 e. The van der Waals surface area contributed by atoms with Gasteiger partial charge in [-0.05, 0) is 86.3 Å². The summed E-state index contributed by atoms with van der Waals surface area (Å²) < 4.78 is 101. The predicted molar refractivity (Wildman–Crippen MR) is 123 cm³/mol. The van der Waals surface area contributed by atoms with E-state index in [0.29, 0.717) is 9.13 Å². The molecule has 0 aromatic heterocycles. The van der Waals surface area contributed by atoms with Crippen LogP contribution in [0.15, 0.2) is 12.1 Å². The molecule has 1 atom stereocenters. The molecule has 7 nitrogen and oxygen atoms in total. The van der Waals surface area contributed by atoms with Crippen LogP contribution in [-0.2, 0) is 19.6 Å². The Balaban J connectivity index is 2.79. The van der Waals surface area contributed by atoms with Gasteiger partial charge in [0.2, 0.25) is 0 Å². The summed E-state index contributed by atoms with van der Waals surface area (Å²) in [7, 11) is -5.13. The van der Waals surface area contributed by atoms with Crippen LogP contribution in [0.5, 0.6) is 0 Å². The first-order chi connectivity index (χ1) is 13.9. The molecule has 1 unspecified atom stereocenters. The first-order valence-corrected chi connectivity index (χ1v) is 12.6. The molecule has 16 heteroatoms. The second-order valence-electron chi connectivity index (χ2n) is 6.03. The van der Waals surface area contributed by atoms with Crippen molar-refractivity contribution in [2.45, 2.75) is 30.4 Å². The molecule has 0 radical (unpaired) electrons. The molecule has 0 fully saturated rings. The van der Waals surface area contributed by atoms with Crippen LogP contribution in [0.2, 0.25) is 0 Å². The largest absolute Gasteiger partial charge is 0.445 e. The number of alkyl halides is 5. The second-order valence-corrected chi connectivity index (χ2v) is 11.0. The van der Waals surface area contributed by atoms with Gasteiger partial charge in [-0.25, -0.2) is 0 Å². The molecular formula is C15H13F5I3NO6S. The Morgan fingerprint density at radius 2 is 1.71 bits per heavy atom. The van der Waals surface area contributed by atoms with Crippen molar-refractivity contribution in [2.75, 3.05) is 13.6 Å². The van der Waals surface area contributed by atoms with E-state index in [4.69, 9.17) is 4.55 Å². The molecule has 0 saturated heterocycles. The number of benzene rings is 1. The number of hydrogen-bond donors (Lipinski definition) is 1. The maximum Gasteiger partial charge on any atom is 0.432 e. The predicted octanol–water partition coefficient (Wildman–Crippen LogP) is 4.31. The number of rotatable bonds is 8. The van der Waals surface area contributed by atoms with Crippen molar-refractivity contribution < 1.29 is 49.2 Å². The molecule has 0 saturated carbocycles. The van der Waals surface area contributed by atoms with Gasteiger partial charge in [0, 0.05) is 30.7 Å². The normalized spacial score (nSPS) is 13.6. The number of carbonyl (C=O) groups excluding carboxylic acids is 2. The van der Waals surface area contributed by atoms with Crippen molar-refractivity contribution in [3.8, 4) is 0 Å². The summed E-state index contributed by atoms with van der Waals surface area (Å²) in [5, 5.41) is -5.79. The zero-order chi connectivity index (χ0) is 24.4. The minimum atomic E-state index is -6.50. The van der Waals surface area contributed by atoms with Crippen LogP contribution >= 0.6 is 67.8 Å². The number of amides is 1. The summed E-state index contributed by atoms with van der Waals surface area (Å²) in [5.74, 6) is -2.20. The Hall–Kier alpha value is -0.0900. The van der Waals surface area contributed by atoms with E-state index < -0.39 is 46.0 Å². The van der Waals surface area contributed by atoms with Gasteiger partial charge in [0.05, 0.1) is 5.56 Å². The van der Waals surface area contributed by atoms with Crippen molar-refractivity contribution >= 4 is 89.8 Å². The van der Waals surface area contributed by atoms with Gasteiger partial charge in [-0.2, -0.15) is 30.4 Å².